The first kappa shape index (κ1) is 15.4. The Kier molecular flexibility index (Phi) is 5.25. The Labute approximate surface area is 116 Å². The second-order valence-electron chi connectivity index (χ2n) is 3.75. The Morgan fingerprint density at radius 2 is 2.05 bits per heavy atom. The fourth-order valence-corrected chi connectivity index (χ4v) is 1.74. The average molecular weight is 335 g/mol. The van der Waals surface area contributed by atoms with Crippen molar-refractivity contribution in [3.05, 3.63) is 28.5 Å². The maximum atomic E-state index is 13.4. The maximum absolute atomic E-state index is 13.4. The molecule has 0 aliphatic rings. The molecule has 4 N–H and O–H groups in total. The molecule has 6 nitrogen and oxygen atoms in total. The Balaban J connectivity index is 2.78. The first-order valence-corrected chi connectivity index (χ1v) is 6.04. The van der Waals surface area contributed by atoms with E-state index in [1.54, 1.807) is 0 Å². The fourth-order valence-electron chi connectivity index (χ4n) is 1.30. The highest BCUT2D eigenvalue weighted by atomic mass is 79.9. The smallest absolute Gasteiger partial charge is 0.328 e. The lowest BCUT2D eigenvalue weighted by molar-refractivity contribution is -0.141. The minimum atomic E-state index is -1.48. The number of carboxylic acids is 1. The molecule has 1 aromatic rings. The normalized spacial score (nSPS) is 13.5. The molecular formula is C11H12BrFN2O4. The van der Waals surface area contributed by atoms with Crippen LogP contribution in [-0.4, -0.2) is 34.4 Å². The third-order valence-electron chi connectivity index (χ3n) is 2.24. The number of para-hydroxylation sites is 1. The van der Waals surface area contributed by atoms with Crippen molar-refractivity contribution in [2.75, 3.05) is 5.32 Å². The number of hydrogen-bond donors (Lipinski definition) is 4. The van der Waals surface area contributed by atoms with Crippen LogP contribution >= 0.6 is 15.9 Å². The summed E-state index contributed by atoms with van der Waals surface area (Å²) in [5.74, 6) is -2.06. The summed E-state index contributed by atoms with van der Waals surface area (Å²) >= 11 is 3.05. The zero-order valence-corrected chi connectivity index (χ0v) is 11.4. The van der Waals surface area contributed by atoms with Crippen LogP contribution in [0.25, 0.3) is 0 Å². The number of nitrogens with one attached hydrogen (secondary N) is 2. The summed E-state index contributed by atoms with van der Waals surface area (Å²) in [7, 11) is 0. The van der Waals surface area contributed by atoms with Crippen molar-refractivity contribution in [3.63, 3.8) is 0 Å². The summed E-state index contributed by atoms with van der Waals surface area (Å²) in [5.41, 5.74) is -0.116. The van der Waals surface area contributed by atoms with Crippen LogP contribution in [0.15, 0.2) is 22.7 Å². The average Bonchev–Trinajstić information content (AvgIpc) is 2.30. The number of benzene rings is 1. The molecule has 104 valence electrons. The van der Waals surface area contributed by atoms with Gasteiger partial charge in [-0.3, -0.25) is 0 Å². The monoisotopic (exact) mass is 334 g/mol. The lowest BCUT2D eigenvalue weighted by Crippen LogP contribution is -2.49. The predicted octanol–water partition coefficient (Wildman–Crippen LogP) is 1.54. The Hall–Kier alpha value is -1.67. The summed E-state index contributed by atoms with van der Waals surface area (Å²) < 4.78 is 13.7. The van der Waals surface area contributed by atoms with E-state index in [-0.39, 0.29) is 5.69 Å². The van der Waals surface area contributed by atoms with E-state index in [1.807, 2.05) is 5.32 Å². The molecule has 0 spiro atoms. The predicted molar refractivity (Wildman–Crippen MR) is 69.4 cm³/mol. The van der Waals surface area contributed by atoms with Gasteiger partial charge in [0.1, 0.15) is 5.82 Å². The number of urea groups is 1. The van der Waals surface area contributed by atoms with E-state index in [2.05, 4.69) is 21.2 Å². The van der Waals surface area contributed by atoms with Crippen molar-refractivity contribution >= 4 is 33.6 Å². The standard InChI is InChI=1S/C11H12BrFN2O4/c1-5(16)8(10(17)18)14-11(19)15-9-6(12)3-2-4-7(9)13/h2-5,8,16H,1H3,(H,17,18)(H2,14,15,19)/t5-,8+/m1/s1. The van der Waals surface area contributed by atoms with Crippen LogP contribution < -0.4 is 10.6 Å². The summed E-state index contributed by atoms with van der Waals surface area (Å²) in [4.78, 5) is 22.3. The molecule has 0 bridgehead atoms. The lowest BCUT2D eigenvalue weighted by atomic mass is 10.2. The van der Waals surface area contributed by atoms with E-state index in [4.69, 9.17) is 5.11 Å². The highest BCUT2D eigenvalue weighted by Crippen LogP contribution is 2.24. The number of hydrogen-bond acceptors (Lipinski definition) is 3. The van der Waals surface area contributed by atoms with Crippen molar-refractivity contribution in [1.82, 2.24) is 5.32 Å². The van der Waals surface area contributed by atoms with Gasteiger partial charge in [0.2, 0.25) is 0 Å². The molecule has 1 rings (SSSR count). The van der Waals surface area contributed by atoms with E-state index in [9.17, 15) is 19.1 Å². The number of carboxylic acid groups (broad SMARTS) is 1. The molecule has 0 saturated carbocycles. The highest BCUT2D eigenvalue weighted by Gasteiger charge is 2.25. The molecule has 0 radical (unpaired) electrons. The molecule has 19 heavy (non-hydrogen) atoms. The van der Waals surface area contributed by atoms with Gasteiger partial charge in [0.25, 0.3) is 0 Å². The van der Waals surface area contributed by atoms with Gasteiger partial charge in [0.05, 0.1) is 11.8 Å². The maximum Gasteiger partial charge on any atom is 0.328 e. The molecule has 0 aromatic heterocycles. The largest absolute Gasteiger partial charge is 0.480 e. The quantitative estimate of drug-likeness (QED) is 0.671. The number of rotatable bonds is 4. The molecule has 0 unspecified atom stereocenters. The number of aliphatic hydroxyl groups excluding tert-OH is 1. The molecule has 8 heteroatoms. The number of halogens is 2. The van der Waals surface area contributed by atoms with Crippen LogP contribution in [0.2, 0.25) is 0 Å². The van der Waals surface area contributed by atoms with Gasteiger partial charge in [0, 0.05) is 4.47 Å². The molecule has 2 amide bonds. The number of aliphatic carboxylic acids is 1. The first-order chi connectivity index (χ1) is 8.82. The topological polar surface area (TPSA) is 98.7 Å². The van der Waals surface area contributed by atoms with Gasteiger partial charge < -0.3 is 20.8 Å². The molecular weight excluding hydrogens is 323 g/mol. The van der Waals surface area contributed by atoms with Gasteiger partial charge in [0.15, 0.2) is 6.04 Å². The third-order valence-corrected chi connectivity index (χ3v) is 2.90. The summed E-state index contributed by atoms with van der Waals surface area (Å²) in [6.07, 6.45) is -1.28. The Bertz CT molecular complexity index is 475. The molecule has 0 aliphatic heterocycles. The molecule has 2 atom stereocenters. The fraction of sp³-hybridized carbons (Fsp3) is 0.273. The van der Waals surface area contributed by atoms with E-state index < -0.39 is 30.0 Å². The van der Waals surface area contributed by atoms with Gasteiger partial charge in [-0.1, -0.05) is 6.07 Å². The van der Waals surface area contributed by atoms with E-state index in [1.165, 1.54) is 19.1 Å². The van der Waals surface area contributed by atoms with Crippen molar-refractivity contribution in [2.45, 2.75) is 19.1 Å². The number of carbonyl (C=O) groups excluding carboxylic acids is 1. The number of amides is 2. The SMILES string of the molecule is C[C@@H](O)[C@H](NC(=O)Nc1c(F)cccc1Br)C(=O)O. The zero-order chi connectivity index (χ0) is 14.6. The molecule has 0 fully saturated rings. The molecule has 0 aliphatic carbocycles. The number of carbonyl (C=O) groups is 2. The molecule has 1 aromatic carbocycles. The van der Waals surface area contributed by atoms with Crippen LogP contribution in [-0.2, 0) is 4.79 Å². The van der Waals surface area contributed by atoms with Crippen LogP contribution in [0.3, 0.4) is 0 Å². The highest BCUT2D eigenvalue weighted by molar-refractivity contribution is 9.10. The van der Waals surface area contributed by atoms with Crippen molar-refractivity contribution in [3.8, 4) is 0 Å². The summed E-state index contributed by atoms with van der Waals surface area (Å²) in [6, 6.07) is 1.69. The van der Waals surface area contributed by atoms with E-state index in [0.717, 1.165) is 6.07 Å². The Morgan fingerprint density at radius 1 is 1.42 bits per heavy atom. The van der Waals surface area contributed by atoms with E-state index in [0.29, 0.717) is 4.47 Å². The summed E-state index contributed by atoms with van der Waals surface area (Å²) in [6.45, 7) is 1.22. The second-order valence-corrected chi connectivity index (χ2v) is 4.61. The number of anilines is 1. The van der Waals surface area contributed by atoms with Crippen molar-refractivity contribution in [1.29, 1.82) is 0 Å². The third kappa shape index (κ3) is 4.18. The van der Waals surface area contributed by atoms with Crippen LogP contribution in [0.5, 0.6) is 0 Å². The Morgan fingerprint density at radius 3 is 2.53 bits per heavy atom. The van der Waals surface area contributed by atoms with Gasteiger partial charge >= 0.3 is 12.0 Å². The van der Waals surface area contributed by atoms with Crippen molar-refractivity contribution < 1.29 is 24.2 Å². The molecule has 0 saturated heterocycles. The van der Waals surface area contributed by atoms with Crippen molar-refractivity contribution in [2.24, 2.45) is 0 Å². The van der Waals surface area contributed by atoms with Crippen LogP contribution in [0, 0.1) is 5.82 Å². The van der Waals surface area contributed by atoms with Gasteiger partial charge in [-0.2, -0.15) is 0 Å². The van der Waals surface area contributed by atoms with Crippen LogP contribution in [0.4, 0.5) is 14.9 Å². The minimum Gasteiger partial charge on any atom is -0.480 e. The van der Waals surface area contributed by atoms with Crippen LogP contribution in [0.1, 0.15) is 6.92 Å². The first-order valence-electron chi connectivity index (χ1n) is 5.25. The minimum absolute atomic E-state index is 0.116. The zero-order valence-electron chi connectivity index (χ0n) is 9.85. The second kappa shape index (κ2) is 6.48. The lowest BCUT2D eigenvalue weighted by Gasteiger charge is -2.17. The van der Waals surface area contributed by atoms with Gasteiger partial charge in [-0.05, 0) is 35.0 Å². The number of aliphatic hydroxyl groups is 1. The van der Waals surface area contributed by atoms with Gasteiger partial charge in [-0.25, -0.2) is 14.0 Å². The van der Waals surface area contributed by atoms with E-state index >= 15 is 0 Å². The summed E-state index contributed by atoms with van der Waals surface area (Å²) in [5, 5.41) is 22.2. The van der Waals surface area contributed by atoms with Gasteiger partial charge in [-0.15, -0.1) is 0 Å². The molecule has 0 heterocycles.